The van der Waals surface area contributed by atoms with Crippen molar-refractivity contribution >= 4 is 23.2 Å². The van der Waals surface area contributed by atoms with E-state index in [1.165, 1.54) is 0 Å². The highest BCUT2D eigenvalue weighted by Crippen LogP contribution is 2.28. The van der Waals surface area contributed by atoms with Crippen LogP contribution in [0.15, 0.2) is 18.2 Å². The smallest absolute Gasteiger partial charge is 0.0468 e. The van der Waals surface area contributed by atoms with Crippen LogP contribution in [0.25, 0.3) is 0 Å². The minimum absolute atomic E-state index is 0.262. The summed E-state index contributed by atoms with van der Waals surface area (Å²) in [5, 5.41) is 5.20. The summed E-state index contributed by atoms with van der Waals surface area (Å²) in [6, 6.07) is 6.49. The maximum Gasteiger partial charge on any atom is 0.0468 e. The standard InChI is InChI=1S/C17H28Cl2N2/c1-6-17(15-8-7-13(18)10-16(15)19)20-14(9-12(2)3)11-21(4)5/h7-8,10,12,14,17,20H,6,9,11H2,1-5H3. The van der Waals surface area contributed by atoms with Crippen LogP contribution < -0.4 is 5.32 Å². The molecule has 0 aliphatic heterocycles. The second-order valence-electron chi connectivity index (χ2n) is 6.38. The van der Waals surface area contributed by atoms with Gasteiger partial charge in [0.05, 0.1) is 0 Å². The Morgan fingerprint density at radius 3 is 2.33 bits per heavy atom. The van der Waals surface area contributed by atoms with Gasteiger partial charge in [0.15, 0.2) is 0 Å². The largest absolute Gasteiger partial charge is 0.308 e. The summed E-state index contributed by atoms with van der Waals surface area (Å²) in [7, 11) is 4.23. The van der Waals surface area contributed by atoms with Gasteiger partial charge in [-0.15, -0.1) is 0 Å². The van der Waals surface area contributed by atoms with Gasteiger partial charge in [0.25, 0.3) is 0 Å². The Morgan fingerprint density at radius 2 is 1.86 bits per heavy atom. The van der Waals surface area contributed by atoms with Gasteiger partial charge in [-0.3, -0.25) is 0 Å². The second-order valence-corrected chi connectivity index (χ2v) is 7.23. The minimum Gasteiger partial charge on any atom is -0.308 e. The van der Waals surface area contributed by atoms with Gasteiger partial charge in [-0.1, -0.05) is 50.0 Å². The number of hydrogen-bond donors (Lipinski definition) is 1. The zero-order valence-electron chi connectivity index (χ0n) is 13.8. The third kappa shape index (κ3) is 6.56. The molecule has 2 unspecified atom stereocenters. The van der Waals surface area contributed by atoms with Gasteiger partial charge in [-0.05, 0) is 50.6 Å². The van der Waals surface area contributed by atoms with Gasteiger partial charge in [0, 0.05) is 28.7 Å². The zero-order valence-corrected chi connectivity index (χ0v) is 15.3. The summed E-state index contributed by atoms with van der Waals surface area (Å²) in [6.45, 7) is 7.74. The summed E-state index contributed by atoms with van der Waals surface area (Å²) in [6.07, 6.45) is 2.16. The minimum atomic E-state index is 0.262. The van der Waals surface area contributed by atoms with Crippen LogP contribution in [-0.2, 0) is 0 Å². The molecule has 1 rings (SSSR count). The summed E-state index contributed by atoms with van der Waals surface area (Å²) in [5.74, 6) is 0.667. The SMILES string of the molecule is CCC(NC(CC(C)C)CN(C)C)c1ccc(Cl)cc1Cl. The van der Waals surface area contributed by atoms with Crippen molar-refractivity contribution in [1.29, 1.82) is 0 Å². The van der Waals surface area contributed by atoms with E-state index in [0.29, 0.717) is 17.0 Å². The van der Waals surface area contributed by atoms with E-state index >= 15 is 0 Å². The molecule has 0 radical (unpaired) electrons. The van der Waals surface area contributed by atoms with Crippen LogP contribution in [0.5, 0.6) is 0 Å². The van der Waals surface area contributed by atoms with E-state index in [2.05, 4.69) is 45.1 Å². The fourth-order valence-corrected chi connectivity index (χ4v) is 3.24. The van der Waals surface area contributed by atoms with Gasteiger partial charge in [0.1, 0.15) is 0 Å². The lowest BCUT2D eigenvalue weighted by Crippen LogP contribution is -2.41. The molecule has 0 fully saturated rings. The Labute approximate surface area is 139 Å². The monoisotopic (exact) mass is 330 g/mol. The first-order valence-electron chi connectivity index (χ1n) is 7.69. The average molecular weight is 331 g/mol. The first kappa shape index (κ1) is 18.8. The summed E-state index contributed by atoms with van der Waals surface area (Å²) < 4.78 is 0. The van der Waals surface area contributed by atoms with E-state index < -0.39 is 0 Å². The topological polar surface area (TPSA) is 15.3 Å². The molecule has 4 heteroatoms. The molecule has 1 aromatic rings. The van der Waals surface area contributed by atoms with Gasteiger partial charge in [-0.2, -0.15) is 0 Å². The molecule has 0 heterocycles. The molecule has 1 aromatic carbocycles. The van der Waals surface area contributed by atoms with Gasteiger partial charge >= 0.3 is 0 Å². The van der Waals surface area contributed by atoms with Crippen LogP contribution in [0.1, 0.15) is 45.2 Å². The van der Waals surface area contributed by atoms with E-state index in [1.54, 1.807) is 0 Å². The maximum absolute atomic E-state index is 6.36. The number of hydrogen-bond acceptors (Lipinski definition) is 2. The van der Waals surface area contributed by atoms with Crippen LogP contribution >= 0.6 is 23.2 Å². The van der Waals surface area contributed by atoms with Crippen molar-refractivity contribution in [2.75, 3.05) is 20.6 Å². The van der Waals surface area contributed by atoms with E-state index in [-0.39, 0.29) is 6.04 Å². The predicted molar refractivity (Wildman–Crippen MR) is 94.4 cm³/mol. The molecule has 0 aliphatic carbocycles. The Hall–Kier alpha value is -0.280. The molecule has 2 atom stereocenters. The first-order chi connectivity index (χ1) is 9.83. The number of rotatable bonds is 8. The van der Waals surface area contributed by atoms with E-state index in [4.69, 9.17) is 23.2 Å². The van der Waals surface area contributed by atoms with Crippen molar-refractivity contribution in [2.45, 2.75) is 45.7 Å². The number of benzene rings is 1. The van der Waals surface area contributed by atoms with Crippen LogP contribution in [0, 0.1) is 5.92 Å². The van der Waals surface area contributed by atoms with Gasteiger partial charge < -0.3 is 10.2 Å². The van der Waals surface area contributed by atoms with E-state index in [1.807, 2.05) is 18.2 Å². The lowest BCUT2D eigenvalue weighted by molar-refractivity contribution is 0.284. The third-order valence-corrected chi connectivity index (χ3v) is 4.09. The molecule has 0 aromatic heterocycles. The Morgan fingerprint density at radius 1 is 1.19 bits per heavy atom. The van der Waals surface area contributed by atoms with E-state index in [9.17, 15) is 0 Å². The van der Waals surface area contributed by atoms with Crippen LogP contribution in [0.2, 0.25) is 10.0 Å². The number of halogens is 2. The molecule has 0 saturated heterocycles. The van der Waals surface area contributed by atoms with Crippen molar-refractivity contribution in [2.24, 2.45) is 5.92 Å². The lowest BCUT2D eigenvalue weighted by atomic mass is 9.99. The molecule has 0 saturated carbocycles. The molecule has 0 spiro atoms. The summed E-state index contributed by atoms with van der Waals surface area (Å²) in [5.41, 5.74) is 1.14. The fourth-order valence-electron chi connectivity index (χ4n) is 2.70. The molecule has 0 aliphatic rings. The summed E-state index contributed by atoms with van der Waals surface area (Å²) in [4.78, 5) is 2.23. The van der Waals surface area contributed by atoms with Crippen molar-refractivity contribution in [3.8, 4) is 0 Å². The fraction of sp³-hybridized carbons (Fsp3) is 0.647. The van der Waals surface area contributed by atoms with Crippen molar-refractivity contribution in [1.82, 2.24) is 10.2 Å². The van der Waals surface area contributed by atoms with Crippen LogP contribution in [0.4, 0.5) is 0 Å². The van der Waals surface area contributed by atoms with Crippen LogP contribution in [-0.4, -0.2) is 31.6 Å². The first-order valence-corrected chi connectivity index (χ1v) is 8.44. The molecular weight excluding hydrogens is 303 g/mol. The quantitative estimate of drug-likeness (QED) is 0.720. The summed E-state index contributed by atoms with van der Waals surface area (Å²) >= 11 is 12.4. The highest BCUT2D eigenvalue weighted by atomic mass is 35.5. The van der Waals surface area contributed by atoms with Crippen molar-refractivity contribution < 1.29 is 0 Å². The lowest BCUT2D eigenvalue weighted by Gasteiger charge is -2.29. The maximum atomic E-state index is 6.36. The Balaban J connectivity index is 2.86. The molecule has 1 N–H and O–H groups in total. The van der Waals surface area contributed by atoms with Crippen LogP contribution in [0.3, 0.4) is 0 Å². The van der Waals surface area contributed by atoms with Crippen molar-refractivity contribution in [3.05, 3.63) is 33.8 Å². The second kappa shape index (κ2) is 8.99. The molecule has 0 amide bonds. The molecule has 2 nitrogen and oxygen atoms in total. The Bertz CT molecular complexity index is 423. The molecule has 21 heavy (non-hydrogen) atoms. The number of likely N-dealkylation sites (N-methyl/N-ethyl adjacent to an activating group) is 1. The average Bonchev–Trinajstić information content (AvgIpc) is 2.35. The highest BCUT2D eigenvalue weighted by molar-refractivity contribution is 6.35. The number of nitrogens with zero attached hydrogens (tertiary/aromatic N) is 1. The zero-order chi connectivity index (χ0) is 16.0. The molecular formula is C17H28Cl2N2. The van der Waals surface area contributed by atoms with Crippen molar-refractivity contribution in [3.63, 3.8) is 0 Å². The highest BCUT2D eigenvalue weighted by Gasteiger charge is 2.19. The van der Waals surface area contributed by atoms with Gasteiger partial charge in [-0.25, -0.2) is 0 Å². The predicted octanol–water partition coefficient (Wildman–Crippen LogP) is 5.01. The Kier molecular flexibility index (Phi) is 8.04. The number of nitrogens with one attached hydrogen (secondary N) is 1. The molecule has 120 valence electrons. The normalized spacial score (nSPS) is 14.7. The van der Waals surface area contributed by atoms with E-state index in [0.717, 1.165) is 30.0 Å². The molecule has 0 bridgehead atoms. The van der Waals surface area contributed by atoms with Gasteiger partial charge in [0.2, 0.25) is 0 Å². The third-order valence-electron chi connectivity index (χ3n) is 3.52.